The van der Waals surface area contributed by atoms with Gasteiger partial charge in [0.1, 0.15) is 0 Å². The van der Waals surface area contributed by atoms with E-state index in [1.165, 1.54) is 0 Å². The Kier molecular flexibility index (Phi) is 6.32. The Balaban J connectivity index is 2.71. The van der Waals surface area contributed by atoms with Crippen molar-refractivity contribution >= 4 is 15.9 Å². The van der Waals surface area contributed by atoms with Gasteiger partial charge in [0.05, 0.1) is 20.8 Å². The van der Waals surface area contributed by atoms with Gasteiger partial charge in [0.2, 0.25) is 0 Å². The summed E-state index contributed by atoms with van der Waals surface area (Å²) in [4.78, 5) is 0. The van der Waals surface area contributed by atoms with Crippen molar-refractivity contribution in [3.8, 4) is 11.5 Å². The first-order valence-corrected chi connectivity index (χ1v) is 6.12. The molecule has 17 heavy (non-hydrogen) atoms. The lowest BCUT2D eigenvalue weighted by Crippen LogP contribution is -2.18. The monoisotopic (exact) mass is 303 g/mol. The highest BCUT2D eigenvalue weighted by atomic mass is 79.9. The molecule has 0 radical (unpaired) electrons. The van der Waals surface area contributed by atoms with E-state index < -0.39 is 0 Å². The van der Waals surface area contributed by atoms with Crippen LogP contribution in [0.15, 0.2) is 16.6 Å². The molecule has 0 atom stereocenters. The highest BCUT2D eigenvalue weighted by Gasteiger charge is 2.08. The van der Waals surface area contributed by atoms with Crippen LogP contribution in [0.5, 0.6) is 11.5 Å². The molecule has 1 N–H and O–H groups in total. The number of methoxy groups -OCH3 is 3. The van der Waals surface area contributed by atoms with Gasteiger partial charge in [-0.25, -0.2) is 0 Å². The van der Waals surface area contributed by atoms with Gasteiger partial charge in [-0.1, -0.05) is 15.9 Å². The average molecular weight is 304 g/mol. The van der Waals surface area contributed by atoms with Crippen LogP contribution in [0.2, 0.25) is 0 Å². The Morgan fingerprint density at radius 3 is 2.35 bits per heavy atom. The molecule has 4 nitrogen and oxygen atoms in total. The van der Waals surface area contributed by atoms with Crippen LogP contribution >= 0.6 is 15.9 Å². The summed E-state index contributed by atoms with van der Waals surface area (Å²) >= 11 is 3.51. The van der Waals surface area contributed by atoms with E-state index in [0.29, 0.717) is 6.61 Å². The molecule has 0 aliphatic carbocycles. The molecule has 1 aromatic rings. The normalized spacial score (nSPS) is 10.4. The minimum atomic E-state index is 0.699. The van der Waals surface area contributed by atoms with E-state index in [4.69, 9.17) is 14.2 Å². The zero-order chi connectivity index (χ0) is 12.7. The molecular weight excluding hydrogens is 286 g/mol. The predicted molar refractivity (Wildman–Crippen MR) is 70.8 cm³/mol. The van der Waals surface area contributed by atoms with E-state index >= 15 is 0 Å². The maximum Gasteiger partial charge on any atom is 0.161 e. The summed E-state index contributed by atoms with van der Waals surface area (Å²) in [5.41, 5.74) is 1.12. The first kappa shape index (κ1) is 14.3. The maximum absolute atomic E-state index is 5.26. The first-order chi connectivity index (χ1) is 8.22. The number of halogens is 1. The Labute approximate surface area is 110 Å². The van der Waals surface area contributed by atoms with Gasteiger partial charge in [-0.05, 0) is 17.7 Å². The summed E-state index contributed by atoms with van der Waals surface area (Å²) in [6, 6.07) is 3.87. The maximum atomic E-state index is 5.26. The lowest BCUT2D eigenvalue weighted by atomic mass is 10.2. The van der Waals surface area contributed by atoms with Crippen molar-refractivity contribution in [2.75, 3.05) is 34.5 Å². The van der Waals surface area contributed by atoms with Crippen LogP contribution in [0.4, 0.5) is 0 Å². The third-order valence-corrected chi connectivity index (χ3v) is 3.09. The minimum Gasteiger partial charge on any atom is -0.493 e. The quantitative estimate of drug-likeness (QED) is 0.784. The van der Waals surface area contributed by atoms with E-state index in [-0.39, 0.29) is 0 Å². The van der Waals surface area contributed by atoms with E-state index in [0.717, 1.165) is 34.6 Å². The zero-order valence-electron chi connectivity index (χ0n) is 10.4. The summed E-state index contributed by atoms with van der Waals surface area (Å²) < 4.78 is 16.5. The Morgan fingerprint density at radius 1 is 1.12 bits per heavy atom. The molecule has 1 rings (SSSR count). The number of benzene rings is 1. The Morgan fingerprint density at radius 2 is 1.76 bits per heavy atom. The summed E-state index contributed by atoms with van der Waals surface area (Å²) in [6.07, 6.45) is 0. The molecular formula is C12H18BrNO3. The van der Waals surface area contributed by atoms with Gasteiger partial charge in [-0.2, -0.15) is 0 Å². The van der Waals surface area contributed by atoms with Crippen LogP contribution in [0, 0.1) is 0 Å². The van der Waals surface area contributed by atoms with Crippen LogP contribution in [0.25, 0.3) is 0 Å². The zero-order valence-corrected chi connectivity index (χ0v) is 12.0. The van der Waals surface area contributed by atoms with Crippen LogP contribution < -0.4 is 14.8 Å². The second-order valence-corrected chi connectivity index (χ2v) is 4.32. The summed E-state index contributed by atoms with van der Waals surface area (Å²) in [5.74, 6) is 1.46. The molecule has 0 unspecified atom stereocenters. The molecule has 0 aromatic heterocycles. The second kappa shape index (κ2) is 7.53. The van der Waals surface area contributed by atoms with Crippen molar-refractivity contribution in [2.24, 2.45) is 0 Å². The summed E-state index contributed by atoms with van der Waals surface area (Å²) in [6.45, 7) is 2.27. The van der Waals surface area contributed by atoms with Crippen molar-refractivity contribution in [1.29, 1.82) is 0 Å². The van der Waals surface area contributed by atoms with Gasteiger partial charge in [-0.15, -0.1) is 0 Å². The Bertz CT molecular complexity index is 358. The van der Waals surface area contributed by atoms with E-state index in [1.54, 1.807) is 21.3 Å². The lowest BCUT2D eigenvalue weighted by Gasteiger charge is -2.12. The van der Waals surface area contributed by atoms with Gasteiger partial charge in [0.25, 0.3) is 0 Å². The standard InChI is InChI=1S/C12H18BrNO3/c1-15-5-4-14-8-9-6-11(16-2)12(17-3)7-10(9)13/h6-7,14H,4-5,8H2,1-3H3. The van der Waals surface area contributed by atoms with E-state index in [2.05, 4.69) is 21.2 Å². The third-order valence-electron chi connectivity index (χ3n) is 2.35. The molecule has 96 valence electrons. The smallest absolute Gasteiger partial charge is 0.161 e. The molecule has 0 heterocycles. The van der Waals surface area contributed by atoms with Crippen LogP contribution in [-0.4, -0.2) is 34.5 Å². The molecule has 0 fully saturated rings. The minimum absolute atomic E-state index is 0.699. The van der Waals surface area contributed by atoms with Crippen molar-refractivity contribution in [1.82, 2.24) is 5.32 Å². The van der Waals surface area contributed by atoms with Crippen molar-refractivity contribution in [2.45, 2.75) is 6.54 Å². The number of hydrogen-bond acceptors (Lipinski definition) is 4. The van der Waals surface area contributed by atoms with E-state index in [9.17, 15) is 0 Å². The molecule has 0 bridgehead atoms. The molecule has 0 aliphatic rings. The lowest BCUT2D eigenvalue weighted by molar-refractivity contribution is 0.199. The molecule has 0 saturated carbocycles. The fourth-order valence-corrected chi connectivity index (χ4v) is 1.89. The molecule has 0 saturated heterocycles. The number of nitrogens with one attached hydrogen (secondary N) is 1. The highest BCUT2D eigenvalue weighted by molar-refractivity contribution is 9.10. The second-order valence-electron chi connectivity index (χ2n) is 3.47. The van der Waals surface area contributed by atoms with Crippen molar-refractivity contribution < 1.29 is 14.2 Å². The number of ether oxygens (including phenoxy) is 3. The molecule has 0 amide bonds. The van der Waals surface area contributed by atoms with Gasteiger partial charge < -0.3 is 19.5 Å². The van der Waals surface area contributed by atoms with Crippen LogP contribution in [-0.2, 0) is 11.3 Å². The van der Waals surface area contributed by atoms with Gasteiger partial charge in [-0.3, -0.25) is 0 Å². The fraction of sp³-hybridized carbons (Fsp3) is 0.500. The third kappa shape index (κ3) is 4.18. The number of rotatable bonds is 7. The van der Waals surface area contributed by atoms with Crippen LogP contribution in [0.1, 0.15) is 5.56 Å². The van der Waals surface area contributed by atoms with Gasteiger partial charge >= 0.3 is 0 Å². The van der Waals surface area contributed by atoms with Crippen molar-refractivity contribution in [3.05, 3.63) is 22.2 Å². The van der Waals surface area contributed by atoms with Crippen LogP contribution in [0.3, 0.4) is 0 Å². The van der Waals surface area contributed by atoms with Gasteiger partial charge in [0.15, 0.2) is 11.5 Å². The predicted octanol–water partition coefficient (Wildman–Crippen LogP) is 2.20. The largest absolute Gasteiger partial charge is 0.493 e. The molecule has 0 aliphatic heterocycles. The molecule has 1 aromatic carbocycles. The summed E-state index contributed by atoms with van der Waals surface area (Å²) in [7, 11) is 4.95. The first-order valence-electron chi connectivity index (χ1n) is 5.33. The molecule has 5 heteroatoms. The number of hydrogen-bond donors (Lipinski definition) is 1. The van der Waals surface area contributed by atoms with Gasteiger partial charge in [0, 0.05) is 24.7 Å². The molecule has 0 spiro atoms. The topological polar surface area (TPSA) is 39.7 Å². The fourth-order valence-electron chi connectivity index (χ4n) is 1.43. The average Bonchev–Trinajstić information content (AvgIpc) is 2.35. The van der Waals surface area contributed by atoms with E-state index in [1.807, 2.05) is 12.1 Å². The summed E-state index contributed by atoms with van der Waals surface area (Å²) in [5, 5.41) is 3.28. The SMILES string of the molecule is COCCNCc1cc(OC)c(OC)cc1Br. The Hall–Kier alpha value is -0.780. The highest BCUT2D eigenvalue weighted by Crippen LogP contribution is 2.33. The van der Waals surface area contributed by atoms with Crippen molar-refractivity contribution in [3.63, 3.8) is 0 Å².